The van der Waals surface area contributed by atoms with E-state index in [1.165, 1.54) is 12.8 Å². The van der Waals surface area contributed by atoms with E-state index in [4.69, 9.17) is 0 Å². The van der Waals surface area contributed by atoms with Crippen molar-refractivity contribution in [2.45, 2.75) is 32.1 Å². The molecule has 1 heterocycles. The van der Waals surface area contributed by atoms with E-state index in [1.54, 1.807) is 12.1 Å². The molecule has 0 atom stereocenters. The van der Waals surface area contributed by atoms with Crippen LogP contribution < -0.4 is 5.32 Å². The maximum Gasteiger partial charge on any atom is 0.269 e. The van der Waals surface area contributed by atoms with Gasteiger partial charge in [-0.2, -0.15) is 0 Å². The Morgan fingerprint density at radius 1 is 1.27 bits per heavy atom. The number of nitrogens with one attached hydrogen (secondary N) is 1. The number of nitrogens with zero attached hydrogens (tertiary/aromatic N) is 3. The minimum Gasteiger partial charge on any atom is -0.356 e. The first-order valence-corrected chi connectivity index (χ1v) is 7.89. The molecule has 0 amide bonds. The molecule has 0 radical (unpaired) electrons. The second kappa shape index (κ2) is 8.36. The van der Waals surface area contributed by atoms with Crippen molar-refractivity contribution in [1.29, 1.82) is 0 Å². The number of nitro groups is 1. The topological polar surface area (TPSA) is 70.8 Å². The van der Waals surface area contributed by atoms with Gasteiger partial charge in [-0.3, -0.25) is 15.1 Å². The van der Waals surface area contributed by atoms with Crippen LogP contribution >= 0.6 is 0 Å². The van der Waals surface area contributed by atoms with Crippen LogP contribution in [-0.2, 0) is 6.42 Å². The van der Waals surface area contributed by atoms with Gasteiger partial charge in [-0.15, -0.1) is 0 Å². The number of non-ortho nitro benzene ring substituents is 1. The Bertz CT molecular complexity index is 507. The van der Waals surface area contributed by atoms with Crippen molar-refractivity contribution in [3.63, 3.8) is 0 Å². The molecule has 0 saturated carbocycles. The number of hydrogen-bond donors (Lipinski definition) is 1. The van der Waals surface area contributed by atoms with E-state index in [9.17, 15) is 10.1 Å². The van der Waals surface area contributed by atoms with Gasteiger partial charge in [-0.1, -0.05) is 12.1 Å². The number of unbranched alkanes of at least 4 members (excludes halogenated alkanes) is 1. The van der Waals surface area contributed by atoms with Gasteiger partial charge < -0.3 is 10.2 Å². The fourth-order valence-corrected chi connectivity index (χ4v) is 2.70. The lowest BCUT2D eigenvalue weighted by molar-refractivity contribution is -0.384. The SMILES string of the molecule is CN=C(NCCCCc1ccc([N+](=O)[O-])cc1)N1CCCC1. The molecule has 6 heteroatoms. The fourth-order valence-electron chi connectivity index (χ4n) is 2.70. The van der Waals surface area contributed by atoms with Gasteiger partial charge in [0.05, 0.1) is 4.92 Å². The largest absolute Gasteiger partial charge is 0.356 e. The smallest absolute Gasteiger partial charge is 0.269 e. The van der Waals surface area contributed by atoms with Crippen molar-refractivity contribution in [1.82, 2.24) is 10.2 Å². The number of likely N-dealkylation sites (tertiary alicyclic amines) is 1. The van der Waals surface area contributed by atoms with Gasteiger partial charge in [0.25, 0.3) is 5.69 Å². The normalized spacial score (nSPS) is 15.1. The minimum absolute atomic E-state index is 0.153. The van der Waals surface area contributed by atoms with Crippen molar-refractivity contribution in [2.24, 2.45) is 4.99 Å². The van der Waals surface area contributed by atoms with Crippen LogP contribution in [0.25, 0.3) is 0 Å². The van der Waals surface area contributed by atoms with Gasteiger partial charge >= 0.3 is 0 Å². The summed E-state index contributed by atoms with van der Waals surface area (Å²) in [6.07, 6.45) is 5.56. The van der Waals surface area contributed by atoms with Crippen LogP contribution in [0.3, 0.4) is 0 Å². The number of hydrogen-bond acceptors (Lipinski definition) is 3. The predicted octanol–water partition coefficient (Wildman–Crippen LogP) is 2.59. The average Bonchev–Trinajstić information content (AvgIpc) is 3.05. The molecule has 0 aromatic heterocycles. The van der Waals surface area contributed by atoms with Gasteiger partial charge in [-0.05, 0) is 37.7 Å². The highest BCUT2D eigenvalue weighted by atomic mass is 16.6. The molecule has 0 unspecified atom stereocenters. The number of aryl methyl sites for hydroxylation is 1. The van der Waals surface area contributed by atoms with Crippen LogP contribution in [0.1, 0.15) is 31.2 Å². The third kappa shape index (κ3) is 4.72. The Labute approximate surface area is 131 Å². The summed E-state index contributed by atoms with van der Waals surface area (Å²) in [5, 5.41) is 14.0. The van der Waals surface area contributed by atoms with Crippen LogP contribution in [0.4, 0.5) is 5.69 Å². The maximum absolute atomic E-state index is 10.6. The van der Waals surface area contributed by atoms with E-state index in [0.29, 0.717) is 0 Å². The molecule has 1 N–H and O–H groups in total. The highest BCUT2D eigenvalue weighted by molar-refractivity contribution is 5.80. The Kier molecular flexibility index (Phi) is 6.18. The first-order chi connectivity index (χ1) is 10.7. The number of rotatable bonds is 6. The molecule has 1 aliphatic heterocycles. The van der Waals surface area contributed by atoms with Crippen molar-refractivity contribution < 1.29 is 4.92 Å². The third-order valence-electron chi connectivity index (χ3n) is 3.94. The number of benzene rings is 1. The first kappa shape index (κ1) is 16.3. The Morgan fingerprint density at radius 2 is 1.95 bits per heavy atom. The summed E-state index contributed by atoms with van der Waals surface area (Å²) < 4.78 is 0. The summed E-state index contributed by atoms with van der Waals surface area (Å²) in [5.41, 5.74) is 1.30. The molecule has 1 aromatic carbocycles. The van der Waals surface area contributed by atoms with Gasteiger partial charge in [0, 0.05) is 38.8 Å². The first-order valence-electron chi connectivity index (χ1n) is 7.89. The van der Waals surface area contributed by atoms with Crippen molar-refractivity contribution in [3.8, 4) is 0 Å². The van der Waals surface area contributed by atoms with Crippen molar-refractivity contribution in [3.05, 3.63) is 39.9 Å². The fraction of sp³-hybridized carbons (Fsp3) is 0.562. The van der Waals surface area contributed by atoms with Gasteiger partial charge in [0.2, 0.25) is 0 Å². The Balaban J connectivity index is 1.65. The molecule has 1 saturated heterocycles. The standard InChI is InChI=1S/C16H24N4O2/c1-17-16(19-12-4-5-13-19)18-11-3-2-6-14-7-9-15(10-8-14)20(21)22/h7-10H,2-6,11-13H2,1H3,(H,17,18). The molecule has 0 aliphatic carbocycles. The summed E-state index contributed by atoms with van der Waals surface area (Å²) in [4.78, 5) is 16.9. The van der Waals surface area contributed by atoms with E-state index < -0.39 is 0 Å². The zero-order valence-corrected chi connectivity index (χ0v) is 13.1. The van der Waals surface area contributed by atoms with Crippen LogP contribution in [0.2, 0.25) is 0 Å². The molecular formula is C16H24N4O2. The molecular weight excluding hydrogens is 280 g/mol. The van der Waals surface area contributed by atoms with E-state index in [0.717, 1.165) is 50.4 Å². The second-order valence-electron chi connectivity index (χ2n) is 5.55. The number of guanidine groups is 1. The second-order valence-corrected chi connectivity index (χ2v) is 5.55. The van der Waals surface area contributed by atoms with Gasteiger partial charge in [0.1, 0.15) is 0 Å². The lowest BCUT2D eigenvalue weighted by atomic mass is 10.1. The molecule has 1 aromatic rings. The quantitative estimate of drug-likeness (QED) is 0.288. The lowest BCUT2D eigenvalue weighted by Gasteiger charge is -2.20. The molecule has 0 spiro atoms. The minimum atomic E-state index is -0.363. The zero-order chi connectivity index (χ0) is 15.8. The third-order valence-corrected chi connectivity index (χ3v) is 3.94. The summed E-state index contributed by atoms with van der Waals surface area (Å²) in [7, 11) is 1.83. The molecule has 2 rings (SSSR count). The predicted molar refractivity (Wildman–Crippen MR) is 88.2 cm³/mol. The van der Waals surface area contributed by atoms with E-state index in [-0.39, 0.29) is 10.6 Å². The molecule has 22 heavy (non-hydrogen) atoms. The Morgan fingerprint density at radius 3 is 2.55 bits per heavy atom. The molecule has 1 aliphatic rings. The van der Waals surface area contributed by atoms with Crippen LogP contribution in [0.5, 0.6) is 0 Å². The van der Waals surface area contributed by atoms with Gasteiger partial charge in [-0.25, -0.2) is 0 Å². The number of nitro benzene ring substituents is 1. The summed E-state index contributed by atoms with van der Waals surface area (Å²) in [6, 6.07) is 6.83. The van der Waals surface area contributed by atoms with Crippen LogP contribution in [0, 0.1) is 10.1 Å². The van der Waals surface area contributed by atoms with E-state index >= 15 is 0 Å². The summed E-state index contributed by atoms with van der Waals surface area (Å²) in [5.74, 6) is 1.01. The summed E-state index contributed by atoms with van der Waals surface area (Å²) in [6.45, 7) is 3.11. The monoisotopic (exact) mass is 304 g/mol. The number of aliphatic imine (C=N–C) groups is 1. The van der Waals surface area contributed by atoms with Crippen LogP contribution in [0.15, 0.2) is 29.3 Å². The Hall–Kier alpha value is -2.11. The van der Waals surface area contributed by atoms with E-state index in [1.807, 2.05) is 19.2 Å². The lowest BCUT2D eigenvalue weighted by Crippen LogP contribution is -2.39. The maximum atomic E-state index is 10.6. The highest BCUT2D eigenvalue weighted by Gasteiger charge is 2.14. The van der Waals surface area contributed by atoms with Crippen molar-refractivity contribution >= 4 is 11.6 Å². The molecule has 1 fully saturated rings. The van der Waals surface area contributed by atoms with Crippen molar-refractivity contribution in [2.75, 3.05) is 26.7 Å². The molecule has 120 valence electrons. The zero-order valence-electron chi connectivity index (χ0n) is 13.1. The highest BCUT2D eigenvalue weighted by Crippen LogP contribution is 2.13. The van der Waals surface area contributed by atoms with Gasteiger partial charge in [0.15, 0.2) is 5.96 Å². The van der Waals surface area contributed by atoms with Crippen LogP contribution in [-0.4, -0.2) is 42.5 Å². The summed E-state index contributed by atoms with van der Waals surface area (Å²) >= 11 is 0. The average molecular weight is 304 g/mol. The molecule has 6 nitrogen and oxygen atoms in total. The van der Waals surface area contributed by atoms with E-state index in [2.05, 4.69) is 15.2 Å². The molecule has 0 bridgehead atoms.